The van der Waals surface area contributed by atoms with E-state index in [9.17, 15) is 0 Å². The Labute approximate surface area is 114 Å². The van der Waals surface area contributed by atoms with Gasteiger partial charge < -0.3 is 14.8 Å². The normalized spacial score (nSPS) is 27.5. The average molecular weight is 262 g/mol. The molecule has 0 bridgehead atoms. The molecule has 1 aromatic rings. The first-order valence-corrected chi connectivity index (χ1v) is 7.05. The lowest BCUT2D eigenvalue weighted by molar-refractivity contribution is 0.0799. The minimum absolute atomic E-state index is 0.469. The minimum atomic E-state index is 0.469. The first-order valence-electron chi connectivity index (χ1n) is 7.05. The molecule has 0 radical (unpaired) electrons. The zero-order chi connectivity index (χ0) is 13.2. The molecule has 3 rings (SSSR count). The molecule has 0 aromatic heterocycles. The van der Waals surface area contributed by atoms with Crippen molar-refractivity contribution in [3.05, 3.63) is 23.8 Å². The molecule has 0 saturated carbocycles. The van der Waals surface area contributed by atoms with Crippen LogP contribution < -0.4 is 14.8 Å². The number of nitrogens with zero attached hydrogens (tertiary/aromatic N) is 1. The number of nitrogens with one attached hydrogen (secondary N) is 1. The summed E-state index contributed by atoms with van der Waals surface area (Å²) in [5.74, 6) is 2.38. The SMILES string of the molecule is COc1ccc2c(c1)OCC(C)C2N1CCNCC1. The van der Waals surface area contributed by atoms with Crippen LogP contribution in [0.2, 0.25) is 0 Å². The summed E-state index contributed by atoms with van der Waals surface area (Å²) in [5, 5.41) is 3.42. The number of methoxy groups -OCH3 is 1. The molecule has 1 aromatic carbocycles. The van der Waals surface area contributed by atoms with Crippen LogP contribution in [0.4, 0.5) is 0 Å². The fourth-order valence-electron chi connectivity index (χ4n) is 3.15. The van der Waals surface area contributed by atoms with Crippen molar-refractivity contribution in [3.63, 3.8) is 0 Å². The van der Waals surface area contributed by atoms with Gasteiger partial charge in [-0.1, -0.05) is 13.0 Å². The van der Waals surface area contributed by atoms with Gasteiger partial charge in [0.15, 0.2) is 0 Å². The van der Waals surface area contributed by atoms with Crippen LogP contribution in [0.1, 0.15) is 18.5 Å². The Morgan fingerprint density at radius 1 is 1.32 bits per heavy atom. The number of benzene rings is 1. The highest BCUT2D eigenvalue weighted by molar-refractivity contribution is 5.44. The molecule has 1 saturated heterocycles. The maximum absolute atomic E-state index is 5.88. The van der Waals surface area contributed by atoms with Gasteiger partial charge in [0.2, 0.25) is 0 Å². The van der Waals surface area contributed by atoms with Crippen LogP contribution in [0.25, 0.3) is 0 Å². The van der Waals surface area contributed by atoms with Gasteiger partial charge in [0.1, 0.15) is 11.5 Å². The quantitative estimate of drug-likeness (QED) is 0.879. The van der Waals surface area contributed by atoms with E-state index in [4.69, 9.17) is 9.47 Å². The molecule has 2 heterocycles. The first-order chi connectivity index (χ1) is 9.29. The zero-order valence-corrected chi connectivity index (χ0v) is 11.7. The van der Waals surface area contributed by atoms with Gasteiger partial charge in [-0.25, -0.2) is 0 Å². The molecule has 19 heavy (non-hydrogen) atoms. The minimum Gasteiger partial charge on any atom is -0.497 e. The van der Waals surface area contributed by atoms with Crippen molar-refractivity contribution in [3.8, 4) is 11.5 Å². The van der Waals surface area contributed by atoms with Gasteiger partial charge in [-0.3, -0.25) is 4.90 Å². The van der Waals surface area contributed by atoms with E-state index in [0.717, 1.165) is 44.3 Å². The Bertz CT molecular complexity index is 444. The Morgan fingerprint density at radius 2 is 2.11 bits per heavy atom. The Balaban J connectivity index is 1.91. The van der Waals surface area contributed by atoms with Crippen molar-refractivity contribution >= 4 is 0 Å². The van der Waals surface area contributed by atoms with Crippen molar-refractivity contribution in [2.75, 3.05) is 39.9 Å². The summed E-state index contributed by atoms with van der Waals surface area (Å²) >= 11 is 0. The van der Waals surface area contributed by atoms with E-state index in [2.05, 4.69) is 23.2 Å². The molecular formula is C15H22N2O2. The number of hydrogen-bond acceptors (Lipinski definition) is 4. The van der Waals surface area contributed by atoms with Crippen LogP contribution in [0.15, 0.2) is 18.2 Å². The Morgan fingerprint density at radius 3 is 2.84 bits per heavy atom. The van der Waals surface area contributed by atoms with Crippen LogP contribution in [-0.4, -0.2) is 44.8 Å². The van der Waals surface area contributed by atoms with Crippen LogP contribution in [0.5, 0.6) is 11.5 Å². The molecule has 4 heteroatoms. The second-order valence-electron chi connectivity index (χ2n) is 5.42. The van der Waals surface area contributed by atoms with Gasteiger partial charge in [0.05, 0.1) is 13.7 Å². The molecule has 104 valence electrons. The summed E-state index contributed by atoms with van der Waals surface area (Å²) in [6, 6.07) is 6.68. The van der Waals surface area contributed by atoms with E-state index in [0.29, 0.717) is 12.0 Å². The lowest BCUT2D eigenvalue weighted by Gasteiger charge is -2.41. The van der Waals surface area contributed by atoms with Crippen molar-refractivity contribution in [2.45, 2.75) is 13.0 Å². The third-order valence-electron chi connectivity index (χ3n) is 4.13. The number of fused-ring (bicyclic) bond motifs is 1. The van der Waals surface area contributed by atoms with Crippen LogP contribution in [0, 0.1) is 5.92 Å². The fourth-order valence-corrected chi connectivity index (χ4v) is 3.15. The van der Waals surface area contributed by atoms with Crippen LogP contribution in [-0.2, 0) is 0 Å². The number of rotatable bonds is 2. The van der Waals surface area contributed by atoms with E-state index >= 15 is 0 Å². The molecule has 0 aliphatic carbocycles. The molecule has 1 N–H and O–H groups in total. The second kappa shape index (κ2) is 5.39. The Kier molecular flexibility index (Phi) is 3.62. The van der Waals surface area contributed by atoms with Gasteiger partial charge in [-0.15, -0.1) is 0 Å². The molecule has 2 aliphatic rings. The lowest BCUT2D eigenvalue weighted by Crippen LogP contribution is -2.48. The summed E-state index contributed by atoms with van der Waals surface area (Å²) in [6.45, 7) is 7.45. The van der Waals surface area contributed by atoms with Gasteiger partial charge in [0, 0.05) is 49.8 Å². The molecule has 2 unspecified atom stereocenters. The van der Waals surface area contributed by atoms with Crippen molar-refractivity contribution < 1.29 is 9.47 Å². The van der Waals surface area contributed by atoms with Gasteiger partial charge in [-0.05, 0) is 6.07 Å². The lowest BCUT2D eigenvalue weighted by atomic mass is 9.90. The van der Waals surface area contributed by atoms with E-state index in [1.54, 1.807) is 7.11 Å². The fraction of sp³-hybridized carbons (Fsp3) is 0.600. The molecule has 1 fully saturated rings. The predicted molar refractivity (Wildman–Crippen MR) is 74.8 cm³/mol. The van der Waals surface area contributed by atoms with Gasteiger partial charge in [-0.2, -0.15) is 0 Å². The molecule has 4 nitrogen and oxygen atoms in total. The summed E-state index contributed by atoms with van der Waals surface area (Å²) in [4.78, 5) is 2.58. The van der Waals surface area contributed by atoms with Crippen LogP contribution in [0.3, 0.4) is 0 Å². The third-order valence-corrected chi connectivity index (χ3v) is 4.13. The highest BCUT2D eigenvalue weighted by Gasteiger charge is 2.33. The van der Waals surface area contributed by atoms with E-state index in [1.807, 2.05) is 12.1 Å². The van der Waals surface area contributed by atoms with E-state index in [-0.39, 0.29) is 0 Å². The maximum atomic E-state index is 5.88. The third kappa shape index (κ3) is 2.42. The number of hydrogen-bond donors (Lipinski definition) is 1. The van der Waals surface area contributed by atoms with Gasteiger partial charge in [0.25, 0.3) is 0 Å². The van der Waals surface area contributed by atoms with E-state index in [1.165, 1.54) is 5.56 Å². The zero-order valence-electron chi connectivity index (χ0n) is 11.7. The average Bonchev–Trinajstić information content (AvgIpc) is 2.47. The van der Waals surface area contributed by atoms with Crippen LogP contribution >= 0.6 is 0 Å². The van der Waals surface area contributed by atoms with E-state index < -0.39 is 0 Å². The standard InChI is InChI=1S/C15H22N2O2/c1-11-10-19-14-9-12(18-2)3-4-13(14)15(11)17-7-5-16-6-8-17/h3-4,9,11,15-16H,5-8,10H2,1-2H3. The molecule has 0 spiro atoms. The van der Waals surface area contributed by atoms with Gasteiger partial charge >= 0.3 is 0 Å². The largest absolute Gasteiger partial charge is 0.497 e. The first kappa shape index (κ1) is 12.8. The van der Waals surface area contributed by atoms with Crippen molar-refractivity contribution in [2.24, 2.45) is 5.92 Å². The van der Waals surface area contributed by atoms with Crippen molar-refractivity contribution in [1.29, 1.82) is 0 Å². The summed E-state index contributed by atoms with van der Waals surface area (Å²) in [7, 11) is 1.70. The topological polar surface area (TPSA) is 33.7 Å². The molecular weight excluding hydrogens is 240 g/mol. The monoisotopic (exact) mass is 262 g/mol. The highest BCUT2D eigenvalue weighted by Crippen LogP contribution is 2.40. The summed E-state index contributed by atoms with van der Waals surface area (Å²) < 4.78 is 11.2. The highest BCUT2D eigenvalue weighted by atomic mass is 16.5. The number of ether oxygens (including phenoxy) is 2. The second-order valence-corrected chi connectivity index (χ2v) is 5.42. The molecule has 0 amide bonds. The summed E-state index contributed by atoms with van der Waals surface area (Å²) in [6.07, 6.45) is 0. The number of piperazine rings is 1. The Hall–Kier alpha value is -1.26. The maximum Gasteiger partial charge on any atom is 0.127 e. The smallest absolute Gasteiger partial charge is 0.127 e. The molecule has 2 atom stereocenters. The van der Waals surface area contributed by atoms with Crippen molar-refractivity contribution in [1.82, 2.24) is 10.2 Å². The summed E-state index contributed by atoms with van der Waals surface area (Å²) in [5.41, 5.74) is 1.31. The molecule has 2 aliphatic heterocycles. The predicted octanol–water partition coefficient (Wildman–Crippen LogP) is 1.67.